The molecule has 0 aromatic heterocycles. The van der Waals surface area contributed by atoms with Crippen LogP contribution in [0.15, 0.2) is 42.5 Å². The van der Waals surface area contributed by atoms with Crippen molar-refractivity contribution in [2.24, 2.45) is 0 Å². The number of ether oxygens (including phenoxy) is 2. The summed E-state index contributed by atoms with van der Waals surface area (Å²) < 4.78 is 12.1. The Kier molecular flexibility index (Phi) is 3.71. The van der Waals surface area contributed by atoms with E-state index in [-0.39, 0.29) is 24.0 Å². The molecule has 2 aliphatic rings. The average molecular weight is 311 g/mol. The number of para-hydroxylation sites is 1. The molecule has 3 atom stereocenters. The summed E-state index contributed by atoms with van der Waals surface area (Å²) >= 11 is 0. The van der Waals surface area contributed by atoms with Crippen LogP contribution in [0.4, 0.5) is 5.69 Å². The van der Waals surface area contributed by atoms with Gasteiger partial charge in [-0.15, -0.1) is 0 Å². The highest BCUT2D eigenvalue weighted by molar-refractivity contribution is 5.63. The molecule has 0 saturated carbocycles. The minimum Gasteiger partial charge on any atom is -0.508 e. The fourth-order valence-corrected chi connectivity index (χ4v) is 3.64. The molecule has 2 aromatic rings. The van der Waals surface area contributed by atoms with Crippen LogP contribution in [0, 0.1) is 0 Å². The standard InChI is InChI=1S/C19H21NO3/c1-2-12-5-4-8-15-16(12)20-17(13-6-3-7-14(21)11-13)19-18(15)22-9-10-23-19/h3-8,11,17-21H,2,9-10H2,1H3/t17-,18+,19-/m0/s1. The summed E-state index contributed by atoms with van der Waals surface area (Å²) in [7, 11) is 0. The highest BCUT2D eigenvalue weighted by Crippen LogP contribution is 2.45. The van der Waals surface area contributed by atoms with Crippen molar-refractivity contribution in [1.82, 2.24) is 0 Å². The number of aryl methyl sites for hydroxylation is 1. The van der Waals surface area contributed by atoms with Gasteiger partial charge in [0.05, 0.1) is 19.3 Å². The Balaban J connectivity index is 1.81. The average Bonchev–Trinajstić information content (AvgIpc) is 2.60. The molecule has 0 aliphatic carbocycles. The molecule has 0 radical (unpaired) electrons. The number of anilines is 1. The van der Waals surface area contributed by atoms with Gasteiger partial charge in [0.2, 0.25) is 0 Å². The number of hydrogen-bond acceptors (Lipinski definition) is 4. The third-order valence-corrected chi connectivity index (χ3v) is 4.72. The number of fused-ring (bicyclic) bond motifs is 3. The van der Waals surface area contributed by atoms with Crippen molar-refractivity contribution >= 4 is 5.69 Å². The number of hydrogen-bond donors (Lipinski definition) is 2. The number of phenols is 1. The second-order valence-corrected chi connectivity index (χ2v) is 6.08. The molecule has 0 bridgehead atoms. The molecule has 2 heterocycles. The van der Waals surface area contributed by atoms with Gasteiger partial charge in [0.15, 0.2) is 0 Å². The number of nitrogens with one attached hydrogen (secondary N) is 1. The molecular formula is C19H21NO3. The first-order valence-electron chi connectivity index (χ1n) is 8.18. The van der Waals surface area contributed by atoms with Gasteiger partial charge in [-0.05, 0) is 29.7 Å². The zero-order valence-corrected chi connectivity index (χ0v) is 13.2. The van der Waals surface area contributed by atoms with Gasteiger partial charge in [0.25, 0.3) is 0 Å². The quantitative estimate of drug-likeness (QED) is 0.890. The van der Waals surface area contributed by atoms with Crippen molar-refractivity contribution in [3.63, 3.8) is 0 Å². The second kappa shape index (κ2) is 5.87. The molecule has 23 heavy (non-hydrogen) atoms. The number of phenolic OH excluding ortho intramolecular Hbond substituents is 1. The molecule has 1 fully saturated rings. The summed E-state index contributed by atoms with van der Waals surface area (Å²) in [6, 6.07) is 13.7. The van der Waals surface area contributed by atoms with Gasteiger partial charge >= 0.3 is 0 Å². The number of benzene rings is 2. The van der Waals surface area contributed by atoms with E-state index in [1.54, 1.807) is 12.1 Å². The number of rotatable bonds is 2. The molecule has 4 heteroatoms. The van der Waals surface area contributed by atoms with Gasteiger partial charge in [-0.2, -0.15) is 0 Å². The van der Waals surface area contributed by atoms with E-state index in [9.17, 15) is 5.11 Å². The van der Waals surface area contributed by atoms with Crippen LogP contribution in [0.1, 0.15) is 35.8 Å². The van der Waals surface area contributed by atoms with Crippen LogP contribution in [0.25, 0.3) is 0 Å². The van der Waals surface area contributed by atoms with Crippen molar-refractivity contribution in [3.05, 3.63) is 59.2 Å². The Hall–Kier alpha value is -2.04. The predicted octanol–water partition coefficient (Wildman–Crippen LogP) is 3.58. The van der Waals surface area contributed by atoms with Gasteiger partial charge in [-0.1, -0.05) is 37.3 Å². The lowest BCUT2D eigenvalue weighted by Gasteiger charge is -2.43. The molecule has 2 aliphatic heterocycles. The SMILES string of the molecule is CCc1cccc2c1N[C@@H](c1cccc(O)c1)[C@@H]1OCCO[C@H]21. The third kappa shape index (κ3) is 2.48. The normalized spacial score (nSPS) is 26.0. The van der Waals surface area contributed by atoms with E-state index < -0.39 is 0 Å². The third-order valence-electron chi connectivity index (χ3n) is 4.72. The monoisotopic (exact) mass is 311 g/mol. The minimum atomic E-state index is -0.0924. The first-order valence-corrected chi connectivity index (χ1v) is 8.18. The molecule has 2 aromatic carbocycles. The minimum absolute atomic E-state index is 0.0346. The summed E-state index contributed by atoms with van der Waals surface area (Å²) in [5.41, 5.74) is 4.61. The maximum Gasteiger partial charge on any atom is 0.115 e. The molecule has 4 nitrogen and oxygen atoms in total. The number of aromatic hydroxyl groups is 1. The summed E-state index contributed by atoms with van der Waals surface area (Å²) in [4.78, 5) is 0. The Bertz CT molecular complexity index is 716. The maximum atomic E-state index is 9.84. The smallest absolute Gasteiger partial charge is 0.115 e. The van der Waals surface area contributed by atoms with Crippen molar-refractivity contribution < 1.29 is 14.6 Å². The Labute approximate surface area is 136 Å². The lowest BCUT2D eigenvalue weighted by Crippen LogP contribution is -2.43. The molecule has 4 rings (SSSR count). The fraction of sp³-hybridized carbons (Fsp3) is 0.368. The van der Waals surface area contributed by atoms with E-state index in [0.717, 1.165) is 17.7 Å². The van der Waals surface area contributed by atoms with Crippen molar-refractivity contribution in [2.45, 2.75) is 31.6 Å². The maximum absolute atomic E-state index is 9.84. The molecule has 120 valence electrons. The van der Waals surface area contributed by atoms with Gasteiger partial charge in [-0.25, -0.2) is 0 Å². The van der Waals surface area contributed by atoms with E-state index in [0.29, 0.717) is 13.2 Å². The fourth-order valence-electron chi connectivity index (χ4n) is 3.64. The van der Waals surface area contributed by atoms with Crippen LogP contribution >= 0.6 is 0 Å². The predicted molar refractivity (Wildman–Crippen MR) is 88.7 cm³/mol. The molecule has 0 unspecified atom stereocenters. The van der Waals surface area contributed by atoms with Gasteiger partial charge < -0.3 is 19.9 Å². The Morgan fingerprint density at radius 3 is 2.78 bits per heavy atom. The van der Waals surface area contributed by atoms with Crippen LogP contribution in [0.2, 0.25) is 0 Å². The zero-order valence-electron chi connectivity index (χ0n) is 13.2. The lowest BCUT2D eigenvalue weighted by atomic mass is 9.86. The highest BCUT2D eigenvalue weighted by Gasteiger charge is 2.41. The first kappa shape index (κ1) is 14.5. The molecular weight excluding hydrogens is 290 g/mol. The van der Waals surface area contributed by atoms with Crippen LogP contribution in [-0.4, -0.2) is 24.4 Å². The van der Waals surface area contributed by atoms with E-state index in [4.69, 9.17) is 9.47 Å². The van der Waals surface area contributed by atoms with Crippen LogP contribution in [-0.2, 0) is 15.9 Å². The lowest BCUT2D eigenvalue weighted by molar-refractivity contribution is -0.151. The summed E-state index contributed by atoms with van der Waals surface area (Å²) in [5, 5.41) is 13.5. The van der Waals surface area contributed by atoms with Crippen LogP contribution < -0.4 is 5.32 Å². The Morgan fingerprint density at radius 1 is 1.13 bits per heavy atom. The van der Waals surface area contributed by atoms with E-state index in [1.165, 1.54) is 11.1 Å². The largest absolute Gasteiger partial charge is 0.508 e. The molecule has 0 amide bonds. The zero-order chi connectivity index (χ0) is 15.8. The molecule has 2 N–H and O–H groups in total. The highest BCUT2D eigenvalue weighted by atomic mass is 16.6. The van der Waals surface area contributed by atoms with Gasteiger partial charge in [0.1, 0.15) is 18.0 Å². The molecule has 1 saturated heterocycles. The Morgan fingerprint density at radius 2 is 1.96 bits per heavy atom. The van der Waals surface area contributed by atoms with Crippen molar-refractivity contribution in [3.8, 4) is 5.75 Å². The van der Waals surface area contributed by atoms with Crippen molar-refractivity contribution in [1.29, 1.82) is 0 Å². The topological polar surface area (TPSA) is 50.7 Å². The first-order chi connectivity index (χ1) is 11.3. The summed E-state index contributed by atoms with van der Waals surface area (Å²) in [5.74, 6) is 0.271. The van der Waals surface area contributed by atoms with E-state index in [1.807, 2.05) is 12.1 Å². The molecule has 0 spiro atoms. The van der Waals surface area contributed by atoms with Gasteiger partial charge in [-0.3, -0.25) is 0 Å². The van der Waals surface area contributed by atoms with Crippen LogP contribution in [0.5, 0.6) is 5.75 Å². The summed E-state index contributed by atoms with van der Waals surface area (Å²) in [6.07, 6.45) is 0.797. The van der Waals surface area contributed by atoms with E-state index in [2.05, 4.69) is 30.4 Å². The summed E-state index contributed by atoms with van der Waals surface area (Å²) in [6.45, 7) is 3.37. The van der Waals surface area contributed by atoms with Gasteiger partial charge in [0, 0.05) is 11.3 Å². The second-order valence-electron chi connectivity index (χ2n) is 6.08. The van der Waals surface area contributed by atoms with Crippen LogP contribution in [0.3, 0.4) is 0 Å². The van der Waals surface area contributed by atoms with Crippen molar-refractivity contribution in [2.75, 3.05) is 18.5 Å². The van der Waals surface area contributed by atoms with E-state index >= 15 is 0 Å².